The summed E-state index contributed by atoms with van der Waals surface area (Å²) >= 11 is 0. The number of carboxylic acid groups (broad SMARTS) is 1. The summed E-state index contributed by atoms with van der Waals surface area (Å²) in [6.07, 6.45) is 0.712. The third kappa shape index (κ3) is 3.07. The third-order valence-corrected chi connectivity index (χ3v) is 6.94. The number of aryl methyl sites for hydroxylation is 2. The molecule has 134 valence electrons. The molecule has 0 spiro atoms. The summed E-state index contributed by atoms with van der Waals surface area (Å²) in [5.41, 5.74) is 2.33. The smallest absolute Gasteiger partial charge is 0.335 e. The fourth-order valence-electron chi connectivity index (χ4n) is 3.37. The molecule has 1 aliphatic heterocycles. The van der Waals surface area contributed by atoms with E-state index in [1.807, 2.05) is 0 Å². The Balaban J connectivity index is 1.83. The summed E-state index contributed by atoms with van der Waals surface area (Å²) in [4.78, 5) is 11.2. The van der Waals surface area contributed by atoms with E-state index in [1.165, 1.54) is 4.31 Å². The lowest BCUT2D eigenvalue weighted by Gasteiger charge is -2.17. The zero-order valence-electron chi connectivity index (χ0n) is 14.4. The standard InChI is InChI=1S/C17H21N3O4S/c1-11-16(12(2)19(3)18-11)25(23,24)20-9-8-15(10-20)13-4-6-14(7-5-13)17(21)22/h4-7,15H,8-10H2,1-3H3,(H,21,22). The van der Waals surface area contributed by atoms with Crippen LogP contribution in [0, 0.1) is 13.8 Å². The first-order chi connectivity index (χ1) is 11.7. The molecule has 0 radical (unpaired) electrons. The number of rotatable bonds is 4. The van der Waals surface area contributed by atoms with Crippen LogP contribution in [-0.4, -0.2) is 46.7 Å². The van der Waals surface area contributed by atoms with E-state index in [9.17, 15) is 13.2 Å². The van der Waals surface area contributed by atoms with Crippen molar-refractivity contribution in [1.29, 1.82) is 0 Å². The van der Waals surface area contributed by atoms with Crippen LogP contribution in [-0.2, 0) is 17.1 Å². The molecule has 1 aliphatic rings. The molecule has 2 heterocycles. The average Bonchev–Trinajstić information content (AvgIpc) is 3.14. The minimum Gasteiger partial charge on any atom is -0.478 e. The monoisotopic (exact) mass is 363 g/mol. The van der Waals surface area contributed by atoms with Crippen molar-refractivity contribution in [2.45, 2.75) is 31.1 Å². The molecule has 0 amide bonds. The van der Waals surface area contributed by atoms with Crippen LogP contribution in [0.1, 0.15) is 39.6 Å². The molecule has 1 aromatic carbocycles. The molecule has 7 nitrogen and oxygen atoms in total. The van der Waals surface area contributed by atoms with E-state index in [1.54, 1.807) is 49.8 Å². The van der Waals surface area contributed by atoms with Crippen molar-refractivity contribution in [3.8, 4) is 0 Å². The van der Waals surface area contributed by atoms with Crippen LogP contribution in [0.15, 0.2) is 29.2 Å². The molecule has 0 bridgehead atoms. The molecule has 1 N–H and O–H groups in total. The second kappa shape index (κ2) is 6.27. The zero-order chi connectivity index (χ0) is 18.4. The highest BCUT2D eigenvalue weighted by Gasteiger charge is 2.36. The SMILES string of the molecule is Cc1nn(C)c(C)c1S(=O)(=O)N1CCC(c2ccc(C(=O)O)cc2)C1. The normalized spacial score (nSPS) is 18.6. The van der Waals surface area contributed by atoms with Gasteiger partial charge < -0.3 is 5.11 Å². The Labute approximate surface area is 146 Å². The van der Waals surface area contributed by atoms with E-state index in [4.69, 9.17) is 5.11 Å². The predicted molar refractivity (Wildman–Crippen MR) is 92.2 cm³/mol. The van der Waals surface area contributed by atoms with Crippen molar-refractivity contribution in [1.82, 2.24) is 14.1 Å². The summed E-state index contributed by atoms with van der Waals surface area (Å²) in [7, 11) is -1.85. The van der Waals surface area contributed by atoms with Crippen molar-refractivity contribution in [2.75, 3.05) is 13.1 Å². The Morgan fingerprint density at radius 2 is 1.88 bits per heavy atom. The Bertz CT molecular complexity index is 916. The van der Waals surface area contributed by atoms with Gasteiger partial charge in [-0.05, 0) is 43.9 Å². The zero-order valence-corrected chi connectivity index (χ0v) is 15.2. The molecule has 2 aromatic rings. The van der Waals surface area contributed by atoms with Gasteiger partial charge in [-0.3, -0.25) is 4.68 Å². The minimum absolute atomic E-state index is 0.0647. The topological polar surface area (TPSA) is 92.5 Å². The van der Waals surface area contributed by atoms with Gasteiger partial charge in [0.25, 0.3) is 0 Å². The van der Waals surface area contributed by atoms with Crippen LogP contribution < -0.4 is 0 Å². The van der Waals surface area contributed by atoms with Gasteiger partial charge >= 0.3 is 5.97 Å². The first-order valence-corrected chi connectivity index (χ1v) is 9.49. The summed E-state index contributed by atoms with van der Waals surface area (Å²) < 4.78 is 29.1. The summed E-state index contributed by atoms with van der Waals surface area (Å²) in [5, 5.41) is 13.2. The fraction of sp³-hybridized carbons (Fsp3) is 0.412. The number of benzene rings is 1. The number of aromatic nitrogens is 2. The lowest BCUT2D eigenvalue weighted by atomic mass is 9.97. The van der Waals surface area contributed by atoms with Crippen molar-refractivity contribution in [3.63, 3.8) is 0 Å². The molecule has 1 saturated heterocycles. The van der Waals surface area contributed by atoms with Gasteiger partial charge in [0.15, 0.2) is 0 Å². The Morgan fingerprint density at radius 3 is 2.40 bits per heavy atom. The van der Waals surface area contributed by atoms with Gasteiger partial charge in [0.2, 0.25) is 10.0 Å². The lowest BCUT2D eigenvalue weighted by molar-refractivity contribution is 0.0697. The van der Waals surface area contributed by atoms with E-state index in [0.717, 1.165) is 5.56 Å². The fourth-order valence-corrected chi connectivity index (χ4v) is 5.27. The number of hydrogen-bond acceptors (Lipinski definition) is 4. The molecule has 1 fully saturated rings. The molecule has 1 aromatic heterocycles. The molecule has 25 heavy (non-hydrogen) atoms. The first-order valence-electron chi connectivity index (χ1n) is 8.05. The maximum absolute atomic E-state index is 13.0. The number of sulfonamides is 1. The minimum atomic E-state index is -3.59. The molecular weight excluding hydrogens is 342 g/mol. The van der Waals surface area contributed by atoms with Gasteiger partial charge in [-0.1, -0.05) is 12.1 Å². The van der Waals surface area contributed by atoms with E-state index < -0.39 is 16.0 Å². The molecular formula is C17H21N3O4S. The van der Waals surface area contributed by atoms with Gasteiger partial charge in [-0.2, -0.15) is 9.40 Å². The van der Waals surface area contributed by atoms with Crippen LogP contribution in [0.4, 0.5) is 0 Å². The number of carbonyl (C=O) groups is 1. The van der Waals surface area contributed by atoms with Crippen LogP contribution >= 0.6 is 0 Å². The number of carboxylic acids is 1. The Morgan fingerprint density at radius 1 is 1.24 bits per heavy atom. The Kier molecular flexibility index (Phi) is 4.42. The third-order valence-electron chi connectivity index (χ3n) is 4.82. The van der Waals surface area contributed by atoms with Gasteiger partial charge in [-0.15, -0.1) is 0 Å². The van der Waals surface area contributed by atoms with Crippen molar-refractivity contribution < 1.29 is 18.3 Å². The molecule has 8 heteroatoms. The van der Waals surface area contributed by atoms with Crippen molar-refractivity contribution >= 4 is 16.0 Å². The number of nitrogens with zero attached hydrogens (tertiary/aromatic N) is 3. The highest BCUT2D eigenvalue weighted by atomic mass is 32.2. The van der Waals surface area contributed by atoms with Gasteiger partial charge in [-0.25, -0.2) is 13.2 Å². The molecule has 3 rings (SSSR count). The van der Waals surface area contributed by atoms with Crippen molar-refractivity contribution in [2.24, 2.45) is 7.05 Å². The number of hydrogen-bond donors (Lipinski definition) is 1. The van der Waals surface area contributed by atoms with Gasteiger partial charge in [0.05, 0.1) is 17.0 Å². The van der Waals surface area contributed by atoms with Crippen LogP contribution in [0.25, 0.3) is 0 Å². The van der Waals surface area contributed by atoms with Crippen LogP contribution in [0.5, 0.6) is 0 Å². The summed E-state index contributed by atoms with van der Waals surface area (Å²) in [6, 6.07) is 6.66. The Hall–Kier alpha value is -2.19. The summed E-state index contributed by atoms with van der Waals surface area (Å²) in [6.45, 7) is 4.30. The van der Waals surface area contributed by atoms with Gasteiger partial charge in [0, 0.05) is 20.1 Å². The average molecular weight is 363 g/mol. The largest absolute Gasteiger partial charge is 0.478 e. The maximum Gasteiger partial charge on any atom is 0.335 e. The highest BCUT2D eigenvalue weighted by Crippen LogP contribution is 2.32. The van der Waals surface area contributed by atoms with E-state index in [-0.39, 0.29) is 16.4 Å². The molecule has 0 saturated carbocycles. The van der Waals surface area contributed by atoms with Crippen LogP contribution in [0.2, 0.25) is 0 Å². The second-order valence-corrected chi connectivity index (χ2v) is 8.27. The quantitative estimate of drug-likeness (QED) is 0.896. The summed E-state index contributed by atoms with van der Waals surface area (Å²) in [5.74, 6) is -0.903. The maximum atomic E-state index is 13.0. The van der Waals surface area contributed by atoms with Crippen LogP contribution in [0.3, 0.4) is 0 Å². The van der Waals surface area contributed by atoms with E-state index in [2.05, 4.69) is 5.10 Å². The second-order valence-electron chi connectivity index (χ2n) is 6.40. The predicted octanol–water partition coefficient (Wildman–Crippen LogP) is 1.91. The van der Waals surface area contributed by atoms with E-state index in [0.29, 0.717) is 30.9 Å². The van der Waals surface area contributed by atoms with Gasteiger partial charge in [0.1, 0.15) is 4.90 Å². The molecule has 0 aliphatic carbocycles. The number of aromatic carboxylic acids is 1. The first kappa shape index (κ1) is 17.6. The molecule has 1 atom stereocenters. The van der Waals surface area contributed by atoms with Crippen molar-refractivity contribution in [3.05, 3.63) is 46.8 Å². The van der Waals surface area contributed by atoms with E-state index >= 15 is 0 Å². The molecule has 1 unspecified atom stereocenters. The highest BCUT2D eigenvalue weighted by molar-refractivity contribution is 7.89. The lowest BCUT2D eigenvalue weighted by Crippen LogP contribution is -2.29.